The standard InChI is InChI=1S/C17H23N3O2/c1-18-10-12-19(13-11-18)17(22)15-8-5-9-20(15)16(21)14-6-3-2-4-7-14/h2-4,6-7,15H,5,8-13H2,1H3. The number of hydrogen-bond donors (Lipinski definition) is 0. The maximum atomic E-state index is 12.8. The van der Waals surface area contributed by atoms with Gasteiger partial charge in [-0.3, -0.25) is 9.59 Å². The zero-order chi connectivity index (χ0) is 15.5. The van der Waals surface area contributed by atoms with Gasteiger partial charge in [-0.2, -0.15) is 0 Å². The summed E-state index contributed by atoms with van der Waals surface area (Å²) in [5, 5.41) is 0. The minimum atomic E-state index is -0.281. The number of rotatable bonds is 2. The van der Waals surface area contributed by atoms with E-state index in [0.717, 1.165) is 39.0 Å². The van der Waals surface area contributed by atoms with E-state index in [1.54, 1.807) is 4.90 Å². The lowest BCUT2D eigenvalue weighted by Gasteiger charge is -2.35. The summed E-state index contributed by atoms with van der Waals surface area (Å²) in [6.07, 6.45) is 1.69. The van der Waals surface area contributed by atoms with Gasteiger partial charge in [0.05, 0.1) is 0 Å². The maximum absolute atomic E-state index is 12.8. The zero-order valence-electron chi connectivity index (χ0n) is 13.1. The summed E-state index contributed by atoms with van der Waals surface area (Å²) in [6.45, 7) is 4.02. The molecule has 0 aliphatic carbocycles. The Kier molecular flexibility index (Phi) is 4.43. The number of carbonyl (C=O) groups excluding carboxylic acids is 2. The second-order valence-electron chi connectivity index (χ2n) is 6.15. The van der Waals surface area contributed by atoms with Crippen LogP contribution in [0.2, 0.25) is 0 Å². The lowest BCUT2D eigenvalue weighted by molar-refractivity contribution is -0.136. The van der Waals surface area contributed by atoms with E-state index < -0.39 is 0 Å². The van der Waals surface area contributed by atoms with Crippen LogP contribution in [-0.2, 0) is 4.79 Å². The van der Waals surface area contributed by atoms with Crippen molar-refractivity contribution in [3.05, 3.63) is 35.9 Å². The van der Waals surface area contributed by atoms with Crippen molar-refractivity contribution in [2.45, 2.75) is 18.9 Å². The van der Waals surface area contributed by atoms with Crippen LogP contribution in [0.3, 0.4) is 0 Å². The third kappa shape index (κ3) is 2.99. The van der Waals surface area contributed by atoms with Crippen LogP contribution >= 0.6 is 0 Å². The fourth-order valence-electron chi connectivity index (χ4n) is 3.25. The van der Waals surface area contributed by atoms with Crippen molar-refractivity contribution in [3.8, 4) is 0 Å². The predicted molar refractivity (Wildman–Crippen MR) is 84.6 cm³/mol. The van der Waals surface area contributed by atoms with E-state index in [2.05, 4.69) is 11.9 Å². The molecule has 2 saturated heterocycles. The number of likely N-dealkylation sites (N-methyl/N-ethyl adjacent to an activating group) is 1. The first-order chi connectivity index (χ1) is 10.7. The van der Waals surface area contributed by atoms with Gasteiger partial charge in [-0.05, 0) is 32.0 Å². The van der Waals surface area contributed by atoms with Gasteiger partial charge in [-0.25, -0.2) is 0 Å². The molecular formula is C17H23N3O2. The average molecular weight is 301 g/mol. The summed E-state index contributed by atoms with van der Waals surface area (Å²) in [5.41, 5.74) is 0.667. The number of benzene rings is 1. The Balaban J connectivity index is 1.70. The summed E-state index contributed by atoms with van der Waals surface area (Å²) >= 11 is 0. The lowest BCUT2D eigenvalue weighted by Crippen LogP contribution is -2.53. The molecule has 1 aromatic carbocycles. The highest BCUT2D eigenvalue weighted by Crippen LogP contribution is 2.22. The fraction of sp³-hybridized carbons (Fsp3) is 0.529. The Bertz CT molecular complexity index is 538. The summed E-state index contributed by atoms with van der Waals surface area (Å²) in [6, 6.07) is 8.97. The van der Waals surface area contributed by atoms with Crippen LogP contribution in [0.4, 0.5) is 0 Å². The van der Waals surface area contributed by atoms with Gasteiger partial charge in [0.1, 0.15) is 6.04 Å². The Hall–Kier alpha value is -1.88. The number of hydrogen-bond acceptors (Lipinski definition) is 3. The number of amides is 2. The summed E-state index contributed by atoms with van der Waals surface area (Å²) in [4.78, 5) is 31.3. The van der Waals surface area contributed by atoms with E-state index in [-0.39, 0.29) is 17.9 Å². The summed E-state index contributed by atoms with van der Waals surface area (Å²) < 4.78 is 0. The van der Waals surface area contributed by atoms with Crippen molar-refractivity contribution < 1.29 is 9.59 Å². The second kappa shape index (κ2) is 6.48. The molecule has 1 atom stereocenters. The van der Waals surface area contributed by atoms with Gasteiger partial charge in [0, 0.05) is 38.3 Å². The van der Waals surface area contributed by atoms with Crippen LogP contribution in [-0.4, -0.2) is 72.3 Å². The van der Waals surface area contributed by atoms with Crippen LogP contribution in [0, 0.1) is 0 Å². The molecule has 1 aromatic rings. The first kappa shape index (κ1) is 15.0. The molecule has 0 spiro atoms. The molecule has 2 fully saturated rings. The molecular weight excluding hydrogens is 278 g/mol. The highest BCUT2D eigenvalue weighted by molar-refractivity contribution is 5.97. The summed E-state index contributed by atoms with van der Waals surface area (Å²) in [5.74, 6) is 0.0976. The highest BCUT2D eigenvalue weighted by Gasteiger charge is 2.37. The van der Waals surface area contributed by atoms with Gasteiger partial charge in [0.2, 0.25) is 5.91 Å². The Labute approximate surface area is 131 Å². The number of piperazine rings is 1. The van der Waals surface area contributed by atoms with Crippen molar-refractivity contribution in [1.29, 1.82) is 0 Å². The van der Waals surface area contributed by atoms with E-state index in [0.29, 0.717) is 12.1 Å². The van der Waals surface area contributed by atoms with E-state index in [1.165, 1.54) is 0 Å². The predicted octanol–water partition coefficient (Wildman–Crippen LogP) is 1.07. The van der Waals surface area contributed by atoms with Gasteiger partial charge in [0.25, 0.3) is 5.91 Å². The number of nitrogens with zero attached hydrogens (tertiary/aromatic N) is 3. The number of carbonyl (C=O) groups is 2. The van der Waals surface area contributed by atoms with Crippen molar-refractivity contribution in [1.82, 2.24) is 14.7 Å². The van der Waals surface area contributed by atoms with Crippen LogP contribution in [0.25, 0.3) is 0 Å². The van der Waals surface area contributed by atoms with E-state index in [9.17, 15) is 9.59 Å². The van der Waals surface area contributed by atoms with Crippen LogP contribution in [0.1, 0.15) is 23.2 Å². The highest BCUT2D eigenvalue weighted by atomic mass is 16.2. The number of likely N-dealkylation sites (tertiary alicyclic amines) is 1. The quantitative estimate of drug-likeness (QED) is 0.820. The van der Waals surface area contributed by atoms with Crippen molar-refractivity contribution in [2.75, 3.05) is 39.8 Å². The molecule has 2 aliphatic rings. The molecule has 0 radical (unpaired) electrons. The average Bonchev–Trinajstić information content (AvgIpc) is 3.04. The molecule has 2 amide bonds. The molecule has 118 valence electrons. The topological polar surface area (TPSA) is 43.9 Å². The largest absolute Gasteiger partial charge is 0.338 e. The molecule has 0 bridgehead atoms. The molecule has 0 saturated carbocycles. The van der Waals surface area contributed by atoms with Gasteiger partial charge >= 0.3 is 0 Å². The SMILES string of the molecule is CN1CCN(C(=O)C2CCCN2C(=O)c2ccccc2)CC1. The third-order valence-electron chi connectivity index (χ3n) is 4.63. The summed E-state index contributed by atoms with van der Waals surface area (Å²) in [7, 11) is 2.07. The van der Waals surface area contributed by atoms with Gasteiger partial charge in [-0.1, -0.05) is 18.2 Å². The maximum Gasteiger partial charge on any atom is 0.254 e. The Morgan fingerprint density at radius 3 is 2.36 bits per heavy atom. The monoisotopic (exact) mass is 301 g/mol. The lowest BCUT2D eigenvalue weighted by atomic mass is 10.1. The molecule has 2 heterocycles. The molecule has 1 unspecified atom stereocenters. The molecule has 22 heavy (non-hydrogen) atoms. The molecule has 3 rings (SSSR count). The van der Waals surface area contributed by atoms with Crippen molar-refractivity contribution in [3.63, 3.8) is 0 Å². The normalized spacial score (nSPS) is 22.9. The van der Waals surface area contributed by atoms with Crippen molar-refractivity contribution in [2.24, 2.45) is 0 Å². The Morgan fingerprint density at radius 2 is 1.68 bits per heavy atom. The smallest absolute Gasteiger partial charge is 0.254 e. The minimum absolute atomic E-state index is 0.0226. The fourth-order valence-corrected chi connectivity index (χ4v) is 3.25. The van der Waals surface area contributed by atoms with E-state index >= 15 is 0 Å². The van der Waals surface area contributed by atoms with E-state index in [1.807, 2.05) is 35.2 Å². The van der Waals surface area contributed by atoms with Crippen LogP contribution in [0.15, 0.2) is 30.3 Å². The zero-order valence-corrected chi connectivity index (χ0v) is 13.1. The first-order valence-electron chi connectivity index (χ1n) is 8.00. The molecule has 5 heteroatoms. The van der Waals surface area contributed by atoms with E-state index in [4.69, 9.17) is 0 Å². The molecule has 0 N–H and O–H groups in total. The molecule has 2 aliphatic heterocycles. The van der Waals surface area contributed by atoms with Gasteiger partial charge in [0.15, 0.2) is 0 Å². The van der Waals surface area contributed by atoms with Gasteiger partial charge in [-0.15, -0.1) is 0 Å². The van der Waals surface area contributed by atoms with Crippen LogP contribution < -0.4 is 0 Å². The van der Waals surface area contributed by atoms with Crippen LogP contribution in [0.5, 0.6) is 0 Å². The third-order valence-corrected chi connectivity index (χ3v) is 4.63. The first-order valence-corrected chi connectivity index (χ1v) is 8.00. The molecule has 0 aromatic heterocycles. The van der Waals surface area contributed by atoms with Gasteiger partial charge < -0.3 is 14.7 Å². The minimum Gasteiger partial charge on any atom is -0.338 e. The Morgan fingerprint density at radius 1 is 1.00 bits per heavy atom. The molecule has 5 nitrogen and oxygen atoms in total. The van der Waals surface area contributed by atoms with Crippen molar-refractivity contribution >= 4 is 11.8 Å². The second-order valence-corrected chi connectivity index (χ2v) is 6.15.